The zero-order valence-corrected chi connectivity index (χ0v) is 15.2. The van der Waals surface area contributed by atoms with E-state index in [2.05, 4.69) is 9.80 Å². The van der Waals surface area contributed by atoms with E-state index in [0.29, 0.717) is 32.6 Å². The minimum absolute atomic E-state index is 0.0524. The molecule has 0 radical (unpaired) electrons. The smallest absolute Gasteiger partial charge is 0.392 e. The van der Waals surface area contributed by atoms with Crippen LogP contribution < -0.4 is 0 Å². The maximum absolute atomic E-state index is 12.7. The molecule has 3 aliphatic rings. The Balaban J connectivity index is 1.43. The van der Waals surface area contributed by atoms with E-state index >= 15 is 0 Å². The van der Waals surface area contributed by atoms with Gasteiger partial charge in [0.05, 0.1) is 17.2 Å². The second-order valence-corrected chi connectivity index (χ2v) is 8.16. The fraction of sp³-hybridized carbons (Fsp3) is 0.632. The van der Waals surface area contributed by atoms with Gasteiger partial charge in [0.1, 0.15) is 0 Å². The zero-order chi connectivity index (χ0) is 19.4. The van der Waals surface area contributed by atoms with Gasteiger partial charge in [-0.3, -0.25) is 14.6 Å². The largest absolute Gasteiger partial charge is 0.416 e. The second-order valence-electron chi connectivity index (χ2n) is 8.16. The zero-order valence-electron chi connectivity index (χ0n) is 15.2. The first kappa shape index (κ1) is 18.7. The van der Waals surface area contributed by atoms with Gasteiger partial charge in [-0.1, -0.05) is 12.1 Å². The van der Waals surface area contributed by atoms with Gasteiger partial charge in [-0.05, 0) is 24.1 Å². The Morgan fingerprint density at radius 1 is 1.19 bits per heavy atom. The summed E-state index contributed by atoms with van der Waals surface area (Å²) in [6.07, 6.45) is -3.99. The van der Waals surface area contributed by atoms with Crippen molar-refractivity contribution in [2.45, 2.75) is 43.8 Å². The van der Waals surface area contributed by atoms with Crippen LogP contribution in [-0.2, 0) is 17.5 Å². The summed E-state index contributed by atoms with van der Waals surface area (Å²) in [6.45, 7) is 5.60. The Bertz CT molecular complexity index is 716. The number of aliphatic hydroxyl groups excluding tert-OH is 1. The molecule has 148 valence electrons. The predicted molar refractivity (Wildman–Crippen MR) is 92.8 cm³/mol. The number of likely N-dealkylation sites (tertiary alicyclic amines) is 1. The van der Waals surface area contributed by atoms with Gasteiger partial charge in [0.25, 0.3) is 0 Å². The molecule has 1 amide bonds. The number of β-amino-alcohol motifs (C(OH)–C–C–N with tert-alkyl or cyclic N) is 1. The molecule has 1 N–H and O–H groups in total. The quantitative estimate of drug-likeness (QED) is 0.842. The highest BCUT2D eigenvalue weighted by Gasteiger charge is 2.56. The predicted octanol–water partition coefficient (Wildman–Crippen LogP) is 1.56. The Hall–Kier alpha value is -1.64. The average molecular weight is 383 g/mol. The molecule has 0 bridgehead atoms. The summed E-state index contributed by atoms with van der Waals surface area (Å²) in [4.78, 5) is 18.3. The van der Waals surface area contributed by atoms with Crippen molar-refractivity contribution in [3.8, 4) is 0 Å². The molecule has 3 saturated heterocycles. The molecule has 3 aliphatic heterocycles. The Kier molecular flexibility index (Phi) is 4.48. The molecule has 0 aliphatic carbocycles. The molecule has 0 aromatic heterocycles. The van der Waals surface area contributed by atoms with Crippen LogP contribution in [0.2, 0.25) is 0 Å². The lowest BCUT2D eigenvalue weighted by molar-refractivity contribution is -0.149. The van der Waals surface area contributed by atoms with Crippen molar-refractivity contribution >= 4 is 5.91 Å². The van der Waals surface area contributed by atoms with Crippen molar-refractivity contribution in [2.75, 3.05) is 32.7 Å². The summed E-state index contributed by atoms with van der Waals surface area (Å²) in [5, 5.41) is 10.1. The lowest BCUT2D eigenvalue weighted by Gasteiger charge is -2.61. The van der Waals surface area contributed by atoms with Crippen LogP contribution in [0, 0.1) is 0 Å². The first-order valence-corrected chi connectivity index (χ1v) is 9.25. The number of nitrogens with zero attached hydrogens (tertiary/aromatic N) is 3. The molecule has 3 fully saturated rings. The first-order chi connectivity index (χ1) is 12.7. The molecular weight excluding hydrogens is 359 g/mol. The number of aliphatic hydroxyl groups is 1. The summed E-state index contributed by atoms with van der Waals surface area (Å²) < 4.78 is 38.1. The fourth-order valence-electron chi connectivity index (χ4n) is 4.89. The summed E-state index contributed by atoms with van der Waals surface area (Å²) >= 11 is 0. The summed E-state index contributed by atoms with van der Waals surface area (Å²) in [7, 11) is 0. The van der Waals surface area contributed by atoms with Crippen LogP contribution in [0.5, 0.6) is 0 Å². The molecule has 4 rings (SSSR count). The van der Waals surface area contributed by atoms with Crippen LogP contribution in [0.4, 0.5) is 13.2 Å². The molecule has 1 aromatic carbocycles. The fourth-order valence-corrected chi connectivity index (χ4v) is 4.89. The van der Waals surface area contributed by atoms with E-state index < -0.39 is 11.7 Å². The van der Waals surface area contributed by atoms with E-state index in [1.807, 2.05) is 4.90 Å². The lowest BCUT2D eigenvalue weighted by atomic mass is 9.83. The van der Waals surface area contributed by atoms with Crippen molar-refractivity contribution in [3.05, 3.63) is 35.4 Å². The number of amides is 1. The van der Waals surface area contributed by atoms with Gasteiger partial charge in [-0.25, -0.2) is 0 Å². The third-order valence-electron chi connectivity index (χ3n) is 6.09. The summed E-state index contributed by atoms with van der Waals surface area (Å²) in [6, 6.07) is 5.48. The summed E-state index contributed by atoms with van der Waals surface area (Å²) in [5.41, 5.74) is 0.0533. The van der Waals surface area contributed by atoms with E-state index in [9.17, 15) is 23.1 Å². The van der Waals surface area contributed by atoms with Gasteiger partial charge >= 0.3 is 6.18 Å². The molecule has 27 heavy (non-hydrogen) atoms. The number of fused-ring (bicyclic) bond motifs is 2. The molecule has 2 atom stereocenters. The van der Waals surface area contributed by atoms with Gasteiger partial charge in [0.2, 0.25) is 5.91 Å². The van der Waals surface area contributed by atoms with Crippen LogP contribution in [0.25, 0.3) is 0 Å². The average Bonchev–Trinajstić information content (AvgIpc) is 2.93. The van der Waals surface area contributed by atoms with E-state index in [-0.39, 0.29) is 23.6 Å². The highest BCUT2D eigenvalue weighted by atomic mass is 19.4. The Morgan fingerprint density at radius 3 is 2.44 bits per heavy atom. The number of benzene rings is 1. The third-order valence-corrected chi connectivity index (χ3v) is 6.09. The highest BCUT2D eigenvalue weighted by molar-refractivity contribution is 5.73. The SMILES string of the molecule is CC(=O)N1CC2CC(O)CN2C2(CN(Cc3ccc(C(F)(F)F)cc3)C2)C1. The minimum Gasteiger partial charge on any atom is -0.392 e. The number of carbonyl (C=O) groups excluding carboxylic acids is 1. The molecule has 2 unspecified atom stereocenters. The maximum atomic E-state index is 12.7. The second kappa shape index (κ2) is 6.46. The van der Waals surface area contributed by atoms with Crippen molar-refractivity contribution in [1.29, 1.82) is 0 Å². The number of hydrogen-bond donors (Lipinski definition) is 1. The Morgan fingerprint density at radius 2 is 1.85 bits per heavy atom. The number of hydrogen-bond acceptors (Lipinski definition) is 4. The molecule has 1 spiro atoms. The molecule has 1 aromatic rings. The lowest BCUT2D eigenvalue weighted by Crippen LogP contribution is -2.78. The van der Waals surface area contributed by atoms with Gasteiger partial charge in [-0.15, -0.1) is 0 Å². The van der Waals surface area contributed by atoms with Crippen molar-refractivity contribution in [3.63, 3.8) is 0 Å². The van der Waals surface area contributed by atoms with Crippen LogP contribution >= 0.6 is 0 Å². The highest BCUT2D eigenvalue weighted by Crippen LogP contribution is 2.39. The van der Waals surface area contributed by atoms with E-state index in [1.165, 1.54) is 12.1 Å². The van der Waals surface area contributed by atoms with Crippen LogP contribution in [-0.4, -0.2) is 76.1 Å². The van der Waals surface area contributed by atoms with Gasteiger partial charge in [0, 0.05) is 52.2 Å². The third kappa shape index (κ3) is 3.46. The van der Waals surface area contributed by atoms with E-state index in [0.717, 1.165) is 30.8 Å². The summed E-state index contributed by atoms with van der Waals surface area (Å²) in [5.74, 6) is 0.0524. The van der Waals surface area contributed by atoms with Gasteiger partial charge < -0.3 is 10.0 Å². The molecule has 8 heteroatoms. The number of rotatable bonds is 2. The molecule has 3 heterocycles. The van der Waals surface area contributed by atoms with E-state index in [1.54, 1.807) is 6.92 Å². The molecular formula is C19H24F3N3O2. The number of piperazine rings is 1. The van der Waals surface area contributed by atoms with Crippen molar-refractivity contribution < 1.29 is 23.1 Å². The van der Waals surface area contributed by atoms with Crippen LogP contribution in [0.1, 0.15) is 24.5 Å². The maximum Gasteiger partial charge on any atom is 0.416 e. The van der Waals surface area contributed by atoms with Gasteiger partial charge in [0.15, 0.2) is 0 Å². The number of alkyl halides is 3. The standard InChI is InChI=1S/C19H24F3N3O2/c1-13(26)24-8-16-6-17(27)9-25(16)18(12-24)10-23(11-18)7-14-2-4-15(5-3-14)19(20,21)22/h2-5,16-17,27H,6-12H2,1H3. The normalized spacial score (nSPS) is 28.3. The van der Waals surface area contributed by atoms with E-state index in [4.69, 9.17) is 0 Å². The van der Waals surface area contributed by atoms with Crippen molar-refractivity contribution in [1.82, 2.24) is 14.7 Å². The minimum atomic E-state index is -4.32. The first-order valence-electron chi connectivity index (χ1n) is 9.25. The Labute approximate surface area is 156 Å². The number of carbonyl (C=O) groups is 1. The van der Waals surface area contributed by atoms with Crippen LogP contribution in [0.15, 0.2) is 24.3 Å². The number of halogens is 3. The molecule has 5 nitrogen and oxygen atoms in total. The topological polar surface area (TPSA) is 47.0 Å². The van der Waals surface area contributed by atoms with Crippen molar-refractivity contribution in [2.24, 2.45) is 0 Å². The van der Waals surface area contributed by atoms with Crippen LogP contribution in [0.3, 0.4) is 0 Å². The molecule has 0 saturated carbocycles. The van der Waals surface area contributed by atoms with Gasteiger partial charge in [-0.2, -0.15) is 13.2 Å². The monoisotopic (exact) mass is 383 g/mol.